The third-order valence-electron chi connectivity index (χ3n) is 3.09. The molecule has 1 aliphatic carbocycles. The molecular formula is C11H22NO4P. The smallest absolute Gasteiger partial charge is 0.315 e. The van der Waals surface area contributed by atoms with E-state index in [0.29, 0.717) is 5.92 Å². The molecular weight excluding hydrogens is 241 g/mol. The highest BCUT2D eigenvalue weighted by atomic mass is 31.1. The van der Waals surface area contributed by atoms with Crippen LogP contribution in [-0.2, 0) is 18.6 Å². The van der Waals surface area contributed by atoms with Gasteiger partial charge in [0, 0.05) is 0 Å². The first-order chi connectivity index (χ1) is 8.11. The Hall–Kier alpha value is -0.380. The lowest BCUT2D eigenvalue weighted by atomic mass is 9.87. The number of hydrogen-bond donors (Lipinski definition) is 1. The van der Waals surface area contributed by atoms with Gasteiger partial charge in [0.05, 0.1) is 7.11 Å². The highest BCUT2D eigenvalue weighted by Crippen LogP contribution is 2.30. The SMILES string of the molecule is COC(=O)C[PH](=O)OC(N)CC1CCCCC1. The number of rotatable bonds is 6. The number of hydrogen-bond acceptors (Lipinski definition) is 5. The van der Waals surface area contributed by atoms with E-state index in [-0.39, 0.29) is 6.16 Å². The summed E-state index contributed by atoms with van der Waals surface area (Å²) in [5.74, 6) is 0.0606. The van der Waals surface area contributed by atoms with Crippen LogP contribution in [0.4, 0.5) is 0 Å². The Morgan fingerprint density at radius 3 is 2.65 bits per heavy atom. The van der Waals surface area contributed by atoms with Crippen molar-refractivity contribution in [2.45, 2.75) is 44.8 Å². The second-order valence-corrected chi connectivity index (χ2v) is 5.85. The highest BCUT2D eigenvalue weighted by Gasteiger charge is 2.19. The Morgan fingerprint density at radius 2 is 2.06 bits per heavy atom. The Bertz CT molecular complexity index is 266. The molecule has 1 aliphatic rings. The molecule has 0 bridgehead atoms. The van der Waals surface area contributed by atoms with E-state index in [2.05, 4.69) is 4.74 Å². The summed E-state index contributed by atoms with van der Waals surface area (Å²) in [6.07, 6.45) is 6.17. The Labute approximate surface area is 103 Å². The summed E-state index contributed by atoms with van der Waals surface area (Å²) in [5.41, 5.74) is 5.77. The van der Waals surface area contributed by atoms with E-state index in [1.807, 2.05) is 0 Å². The normalized spacial score (nSPS) is 20.8. The summed E-state index contributed by atoms with van der Waals surface area (Å²) in [5, 5.41) is 0. The molecule has 5 nitrogen and oxygen atoms in total. The first-order valence-corrected chi connectivity index (χ1v) is 7.66. The predicted molar refractivity (Wildman–Crippen MR) is 66.1 cm³/mol. The zero-order chi connectivity index (χ0) is 12.7. The van der Waals surface area contributed by atoms with Gasteiger partial charge in [-0.2, -0.15) is 0 Å². The number of nitrogens with two attached hydrogens (primary N) is 1. The lowest BCUT2D eigenvalue weighted by Gasteiger charge is -2.24. The standard InChI is InChI=1S/C11H22NO4P/c1-15-11(13)8-17(14)16-10(12)7-9-5-3-2-4-6-9/h9-10,17H,2-8,12H2,1H3. The van der Waals surface area contributed by atoms with Gasteiger partial charge in [0.15, 0.2) is 0 Å². The zero-order valence-electron chi connectivity index (χ0n) is 10.3. The number of methoxy groups -OCH3 is 1. The van der Waals surface area contributed by atoms with Crippen LogP contribution in [0.2, 0.25) is 0 Å². The van der Waals surface area contributed by atoms with Crippen LogP contribution in [-0.4, -0.2) is 25.5 Å². The highest BCUT2D eigenvalue weighted by molar-refractivity contribution is 7.40. The van der Waals surface area contributed by atoms with Crippen LogP contribution < -0.4 is 5.73 Å². The monoisotopic (exact) mass is 263 g/mol. The van der Waals surface area contributed by atoms with Gasteiger partial charge in [0.1, 0.15) is 12.4 Å². The fraction of sp³-hybridized carbons (Fsp3) is 0.909. The van der Waals surface area contributed by atoms with E-state index in [1.165, 1.54) is 39.2 Å². The molecule has 0 amide bonds. The molecule has 1 saturated carbocycles. The summed E-state index contributed by atoms with van der Waals surface area (Å²) < 4.78 is 21.0. The predicted octanol–water partition coefficient (Wildman–Crippen LogP) is 1.91. The van der Waals surface area contributed by atoms with E-state index in [0.717, 1.165) is 6.42 Å². The van der Waals surface area contributed by atoms with Crippen LogP contribution in [0, 0.1) is 5.92 Å². The van der Waals surface area contributed by atoms with Crippen molar-refractivity contribution in [1.29, 1.82) is 0 Å². The van der Waals surface area contributed by atoms with Crippen LogP contribution in [0.1, 0.15) is 38.5 Å². The molecule has 2 N–H and O–H groups in total. The van der Waals surface area contributed by atoms with E-state index in [1.54, 1.807) is 0 Å². The van der Waals surface area contributed by atoms with Crippen LogP contribution in [0.3, 0.4) is 0 Å². The summed E-state index contributed by atoms with van der Waals surface area (Å²) in [4.78, 5) is 10.9. The average molecular weight is 263 g/mol. The molecule has 2 atom stereocenters. The maximum absolute atomic E-state index is 11.4. The molecule has 0 heterocycles. The van der Waals surface area contributed by atoms with E-state index >= 15 is 0 Å². The molecule has 6 heteroatoms. The van der Waals surface area contributed by atoms with E-state index in [4.69, 9.17) is 10.3 Å². The molecule has 1 rings (SSSR count). The van der Waals surface area contributed by atoms with Crippen LogP contribution in [0.15, 0.2) is 0 Å². The van der Waals surface area contributed by atoms with Crippen molar-refractivity contribution in [3.63, 3.8) is 0 Å². The summed E-state index contributed by atoms with van der Waals surface area (Å²) in [6.45, 7) is 0. The summed E-state index contributed by atoms with van der Waals surface area (Å²) >= 11 is 0. The quantitative estimate of drug-likeness (QED) is 0.450. The van der Waals surface area contributed by atoms with Crippen molar-refractivity contribution in [3.8, 4) is 0 Å². The maximum atomic E-state index is 11.4. The minimum Gasteiger partial charge on any atom is -0.469 e. The number of ether oxygens (including phenoxy) is 1. The molecule has 17 heavy (non-hydrogen) atoms. The summed E-state index contributed by atoms with van der Waals surface area (Å²) in [7, 11) is -1.14. The summed E-state index contributed by atoms with van der Waals surface area (Å²) in [6, 6.07) is 0. The molecule has 0 aromatic rings. The lowest BCUT2D eigenvalue weighted by Crippen LogP contribution is -2.26. The number of esters is 1. The second-order valence-electron chi connectivity index (χ2n) is 4.52. The van der Waals surface area contributed by atoms with Crippen molar-refractivity contribution >= 4 is 14.0 Å². The first kappa shape index (κ1) is 14.7. The van der Waals surface area contributed by atoms with Crippen LogP contribution in [0.5, 0.6) is 0 Å². The average Bonchev–Trinajstić information content (AvgIpc) is 2.29. The molecule has 1 fully saturated rings. The van der Waals surface area contributed by atoms with Crippen molar-refractivity contribution in [1.82, 2.24) is 0 Å². The third-order valence-corrected chi connectivity index (χ3v) is 4.23. The topological polar surface area (TPSA) is 78.6 Å². The molecule has 0 aromatic heterocycles. The molecule has 0 saturated heterocycles. The molecule has 0 spiro atoms. The minimum absolute atomic E-state index is 0.181. The van der Waals surface area contributed by atoms with Crippen LogP contribution in [0.25, 0.3) is 0 Å². The third kappa shape index (κ3) is 6.20. The van der Waals surface area contributed by atoms with Gasteiger partial charge >= 0.3 is 5.97 Å². The lowest BCUT2D eigenvalue weighted by molar-refractivity contribution is -0.137. The minimum atomic E-state index is -2.40. The van der Waals surface area contributed by atoms with Gasteiger partial charge in [-0.3, -0.25) is 9.36 Å². The molecule has 0 radical (unpaired) electrons. The van der Waals surface area contributed by atoms with Gasteiger partial charge < -0.3 is 15.0 Å². The molecule has 2 unspecified atom stereocenters. The largest absolute Gasteiger partial charge is 0.469 e. The Balaban J connectivity index is 2.21. The molecule has 0 aliphatic heterocycles. The van der Waals surface area contributed by atoms with E-state index < -0.39 is 20.2 Å². The van der Waals surface area contributed by atoms with E-state index in [9.17, 15) is 9.36 Å². The van der Waals surface area contributed by atoms with Crippen molar-refractivity contribution in [3.05, 3.63) is 0 Å². The van der Waals surface area contributed by atoms with Gasteiger partial charge in [-0.15, -0.1) is 0 Å². The van der Waals surface area contributed by atoms with Crippen molar-refractivity contribution < 1.29 is 18.6 Å². The first-order valence-electron chi connectivity index (χ1n) is 6.13. The second kappa shape index (κ2) is 7.85. The molecule has 100 valence electrons. The maximum Gasteiger partial charge on any atom is 0.315 e. The number of carbonyl (C=O) groups is 1. The fourth-order valence-corrected chi connectivity index (χ4v) is 3.10. The van der Waals surface area contributed by atoms with Gasteiger partial charge in [0.25, 0.3) is 0 Å². The van der Waals surface area contributed by atoms with Crippen LogP contribution >= 0.6 is 8.03 Å². The van der Waals surface area contributed by atoms with Gasteiger partial charge in [-0.1, -0.05) is 32.1 Å². The zero-order valence-corrected chi connectivity index (χ0v) is 11.3. The molecule has 0 aromatic carbocycles. The number of carbonyl (C=O) groups excluding carboxylic acids is 1. The Kier molecular flexibility index (Phi) is 6.78. The fourth-order valence-electron chi connectivity index (χ4n) is 2.20. The van der Waals surface area contributed by atoms with Crippen molar-refractivity contribution in [2.75, 3.05) is 13.3 Å². The Morgan fingerprint density at radius 1 is 1.41 bits per heavy atom. The van der Waals surface area contributed by atoms with Gasteiger partial charge in [0.2, 0.25) is 8.03 Å². The van der Waals surface area contributed by atoms with Gasteiger partial charge in [-0.25, -0.2) is 0 Å². The van der Waals surface area contributed by atoms with Crippen molar-refractivity contribution in [2.24, 2.45) is 11.7 Å². The van der Waals surface area contributed by atoms with Gasteiger partial charge in [-0.05, 0) is 12.3 Å².